The first kappa shape index (κ1) is 10.7. The van der Waals surface area contributed by atoms with Gasteiger partial charge in [0.25, 0.3) is 0 Å². The molecule has 2 heterocycles. The van der Waals surface area contributed by atoms with E-state index in [2.05, 4.69) is 30.6 Å². The molecular formula is C8H12IN3OS. The maximum atomic E-state index is 5.70. The number of rotatable bonds is 2. The summed E-state index contributed by atoms with van der Waals surface area (Å²) >= 11 is 2.31. The minimum Gasteiger partial charge on any atom is -0.371 e. The number of ether oxygens (including phenoxy) is 1. The fraction of sp³-hybridized carbons (Fsp3) is 0.625. The molecule has 1 aliphatic rings. The molecule has 1 aromatic heterocycles. The molecule has 1 aromatic rings. The lowest BCUT2D eigenvalue weighted by Crippen LogP contribution is -2.32. The fourth-order valence-corrected chi connectivity index (χ4v) is 2.91. The Balaban J connectivity index is 2.04. The van der Waals surface area contributed by atoms with Gasteiger partial charge in [-0.1, -0.05) is 0 Å². The summed E-state index contributed by atoms with van der Waals surface area (Å²) in [6.07, 6.45) is 4.08. The first-order valence-electron chi connectivity index (χ1n) is 4.43. The normalized spacial score (nSPS) is 24.0. The third-order valence-electron chi connectivity index (χ3n) is 2.22. The molecule has 0 aromatic carbocycles. The zero-order valence-electron chi connectivity index (χ0n) is 7.89. The zero-order valence-corrected chi connectivity index (χ0v) is 10.9. The molecule has 6 heteroatoms. The summed E-state index contributed by atoms with van der Waals surface area (Å²) in [4.78, 5) is 0. The van der Waals surface area contributed by atoms with E-state index in [-0.39, 0.29) is 6.10 Å². The molecule has 0 bridgehead atoms. The van der Waals surface area contributed by atoms with Gasteiger partial charge in [0.2, 0.25) is 0 Å². The highest BCUT2D eigenvalue weighted by atomic mass is 127. The van der Waals surface area contributed by atoms with E-state index < -0.39 is 0 Å². The predicted octanol–water partition coefficient (Wildman–Crippen LogP) is 1.79. The van der Waals surface area contributed by atoms with Crippen LogP contribution in [0, 0.1) is 0 Å². The third-order valence-corrected chi connectivity index (χ3v) is 4.42. The summed E-state index contributed by atoms with van der Waals surface area (Å²) in [6, 6.07) is 0. The van der Waals surface area contributed by atoms with Gasteiger partial charge in [0.15, 0.2) is 0 Å². The number of morpholine rings is 1. The first-order valence-corrected chi connectivity index (χ1v) is 7.75. The number of hydrogen-bond donors (Lipinski definition) is 0. The van der Waals surface area contributed by atoms with Crippen molar-refractivity contribution in [3.05, 3.63) is 18.0 Å². The summed E-state index contributed by atoms with van der Waals surface area (Å²) in [7, 11) is 3.67. The summed E-state index contributed by atoms with van der Waals surface area (Å²) < 4.78 is 9.82. The molecule has 0 radical (unpaired) electrons. The lowest BCUT2D eigenvalue weighted by Gasteiger charge is -2.29. The summed E-state index contributed by atoms with van der Waals surface area (Å²) in [5, 5.41) is 4.15. The topological polar surface area (TPSA) is 30.3 Å². The van der Waals surface area contributed by atoms with Crippen molar-refractivity contribution >= 4 is 30.3 Å². The molecule has 0 amide bonds. The van der Waals surface area contributed by atoms with E-state index in [1.165, 1.54) is 5.56 Å². The second-order valence-electron chi connectivity index (χ2n) is 3.26. The van der Waals surface area contributed by atoms with E-state index in [1.54, 1.807) is 9.12 Å². The van der Waals surface area contributed by atoms with Crippen LogP contribution in [0.15, 0.2) is 12.4 Å². The third kappa shape index (κ3) is 2.41. The SMILES string of the molecule is Cn1cc(C2CN(SI)CCO2)cn1. The lowest BCUT2D eigenvalue weighted by atomic mass is 10.2. The van der Waals surface area contributed by atoms with Crippen LogP contribution in [0.4, 0.5) is 0 Å². The van der Waals surface area contributed by atoms with Crippen molar-refractivity contribution in [3.63, 3.8) is 0 Å². The van der Waals surface area contributed by atoms with E-state index in [1.807, 2.05) is 24.1 Å². The second kappa shape index (κ2) is 4.82. The van der Waals surface area contributed by atoms with E-state index in [0.717, 1.165) is 19.7 Å². The number of aryl methyl sites for hydroxylation is 1. The van der Waals surface area contributed by atoms with Gasteiger partial charge >= 0.3 is 0 Å². The van der Waals surface area contributed by atoms with Crippen molar-refractivity contribution in [2.75, 3.05) is 19.7 Å². The van der Waals surface area contributed by atoms with Gasteiger partial charge in [-0.15, -0.1) is 0 Å². The number of halogens is 1. The van der Waals surface area contributed by atoms with Gasteiger partial charge in [0.05, 0.1) is 18.9 Å². The zero-order chi connectivity index (χ0) is 9.97. The number of hydrogen-bond acceptors (Lipinski definition) is 4. The molecule has 1 aliphatic heterocycles. The molecule has 0 aliphatic carbocycles. The second-order valence-corrected chi connectivity index (χ2v) is 5.10. The molecule has 14 heavy (non-hydrogen) atoms. The largest absolute Gasteiger partial charge is 0.371 e. The average molecular weight is 325 g/mol. The highest BCUT2D eigenvalue weighted by Crippen LogP contribution is 2.28. The molecule has 0 N–H and O–H groups in total. The van der Waals surface area contributed by atoms with Crippen LogP contribution in [0.5, 0.6) is 0 Å². The molecular weight excluding hydrogens is 313 g/mol. The highest BCUT2D eigenvalue weighted by molar-refractivity contribution is 14.2. The van der Waals surface area contributed by atoms with Crippen molar-refractivity contribution in [1.29, 1.82) is 0 Å². The van der Waals surface area contributed by atoms with Crippen LogP contribution in [-0.4, -0.2) is 33.8 Å². The molecule has 0 saturated carbocycles. The van der Waals surface area contributed by atoms with E-state index in [9.17, 15) is 0 Å². The van der Waals surface area contributed by atoms with Gasteiger partial charge in [-0.2, -0.15) is 5.10 Å². The molecule has 1 unspecified atom stereocenters. The van der Waals surface area contributed by atoms with Crippen LogP contribution in [0.25, 0.3) is 0 Å². The molecule has 1 fully saturated rings. The van der Waals surface area contributed by atoms with Crippen LogP contribution < -0.4 is 0 Å². The number of nitrogens with zero attached hydrogens (tertiary/aromatic N) is 3. The Morgan fingerprint density at radius 3 is 3.21 bits per heavy atom. The van der Waals surface area contributed by atoms with Gasteiger partial charge in [-0.25, -0.2) is 4.31 Å². The molecule has 1 saturated heterocycles. The van der Waals surface area contributed by atoms with Crippen molar-refractivity contribution in [1.82, 2.24) is 14.1 Å². The molecule has 1 atom stereocenters. The molecule has 2 rings (SSSR count). The van der Waals surface area contributed by atoms with Gasteiger partial charge in [-0.3, -0.25) is 4.68 Å². The minimum atomic E-state index is 0.180. The first-order chi connectivity index (χ1) is 6.79. The summed E-state index contributed by atoms with van der Waals surface area (Å²) in [5.41, 5.74) is 1.17. The van der Waals surface area contributed by atoms with E-state index >= 15 is 0 Å². The van der Waals surface area contributed by atoms with Crippen LogP contribution in [0.2, 0.25) is 0 Å². The maximum absolute atomic E-state index is 5.70. The lowest BCUT2D eigenvalue weighted by molar-refractivity contribution is 0.00108. The highest BCUT2D eigenvalue weighted by Gasteiger charge is 2.22. The van der Waals surface area contributed by atoms with E-state index in [0.29, 0.717) is 0 Å². The Morgan fingerprint density at radius 1 is 1.71 bits per heavy atom. The van der Waals surface area contributed by atoms with Crippen molar-refractivity contribution in [2.24, 2.45) is 7.05 Å². The average Bonchev–Trinajstić information content (AvgIpc) is 2.65. The molecule has 0 spiro atoms. The van der Waals surface area contributed by atoms with Crippen molar-refractivity contribution in [3.8, 4) is 0 Å². The van der Waals surface area contributed by atoms with Gasteiger partial charge in [0, 0.05) is 53.1 Å². The smallest absolute Gasteiger partial charge is 0.0992 e. The van der Waals surface area contributed by atoms with Gasteiger partial charge in [0.1, 0.15) is 0 Å². The Labute approximate surface area is 99.7 Å². The van der Waals surface area contributed by atoms with Crippen molar-refractivity contribution < 1.29 is 4.74 Å². The monoisotopic (exact) mass is 325 g/mol. The maximum Gasteiger partial charge on any atom is 0.0992 e. The quantitative estimate of drug-likeness (QED) is 0.613. The Kier molecular flexibility index (Phi) is 3.69. The van der Waals surface area contributed by atoms with Gasteiger partial charge < -0.3 is 4.74 Å². The van der Waals surface area contributed by atoms with Crippen LogP contribution in [-0.2, 0) is 11.8 Å². The van der Waals surface area contributed by atoms with Crippen molar-refractivity contribution in [2.45, 2.75) is 6.10 Å². The fourth-order valence-electron chi connectivity index (χ4n) is 1.50. The molecule has 4 nitrogen and oxygen atoms in total. The van der Waals surface area contributed by atoms with Gasteiger partial charge in [-0.05, 0) is 9.12 Å². The van der Waals surface area contributed by atoms with Crippen LogP contribution in [0.3, 0.4) is 0 Å². The molecule has 78 valence electrons. The summed E-state index contributed by atoms with van der Waals surface area (Å²) in [6.45, 7) is 2.75. The predicted molar refractivity (Wildman–Crippen MR) is 65.1 cm³/mol. The standard InChI is InChI=1S/C8H12IN3OS/c1-11-5-7(4-10-11)8-6-12(14-9)2-3-13-8/h4-5,8H,2-3,6H2,1H3. The summed E-state index contributed by atoms with van der Waals surface area (Å²) in [5.74, 6) is 0. The Bertz CT molecular complexity index is 307. The number of aromatic nitrogens is 2. The van der Waals surface area contributed by atoms with Crippen LogP contribution in [0.1, 0.15) is 11.7 Å². The Morgan fingerprint density at radius 2 is 2.57 bits per heavy atom. The van der Waals surface area contributed by atoms with E-state index in [4.69, 9.17) is 4.74 Å². The Hall–Kier alpha value is 0.210. The minimum absolute atomic E-state index is 0.180. The van der Waals surface area contributed by atoms with Crippen LogP contribution >= 0.6 is 30.3 Å².